The first-order valence-electron chi connectivity index (χ1n) is 9.65. The zero-order valence-electron chi connectivity index (χ0n) is 16.1. The summed E-state index contributed by atoms with van der Waals surface area (Å²) >= 11 is 0. The zero-order valence-corrected chi connectivity index (χ0v) is 17.0. The fourth-order valence-corrected chi connectivity index (χ4v) is 4.82. The molecule has 1 fully saturated rings. The predicted octanol–water partition coefficient (Wildman–Crippen LogP) is 3.22. The quantitative estimate of drug-likeness (QED) is 0.792. The van der Waals surface area contributed by atoms with Crippen LogP contribution in [0.25, 0.3) is 0 Å². The molecular weight excluding hydrogens is 358 g/mol. The van der Waals surface area contributed by atoms with Gasteiger partial charge in [-0.3, -0.25) is 9.88 Å². The summed E-state index contributed by atoms with van der Waals surface area (Å²) in [6.45, 7) is 7.04. The molecule has 0 aliphatic carbocycles. The highest BCUT2D eigenvalue weighted by Gasteiger charge is 2.25. The minimum Gasteiger partial charge on any atom is -0.298 e. The molecule has 1 aromatic heterocycles. The van der Waals surface area contributed by atoms with Gasteiger partial charge >= 0.3 is 0 Å². The van der Waals surface area contributed by atoms with Gasteiger partial charge in [0.05, 0.1) is 0 Å². The second-order valence-electron chi connectivity index (χ2n) is 7.80. The molecule has 1 N–H and O–H groups in total. The lowest BCUT2D eigenvalue weighted by atomic mass is 10.0. The number of nitrogens with one attached hydrogen (secondary N) is 1. The van der Waals surface area contributed by atoms with Crippen LogP contribution >= 0.6 is 0 Å². The summed E-state index contributed by atoms with van der Waals surface area (Å²) in [5.41, 5.74) is 2.65. The normalized spacial score (nSPS) is 18.7. The van der Waals surface area contributed by atoms with Crippen molar-refractivity contribution in [2.75, 3.05) is 13.1 Å². The summed E-state index contributed by atoms with van der Waals surface area (Å²) in [6.07, 6.45) is 5.92. The Morgan fingerprint density at radius 3 is 2.59 bits per heavy atom. The largest absolute Gasteiger partial charge is 0.298 e. The lowest BCUT2D eigenvalue weighted by Crippen LogP contribution is -2.47. The second-order valence-corrected chi connectivity index (χ2v) is 9.51. The van der Waals surface area contributed by atoms with Crippen molar-refractivity contribution in [3.8, 4) is 0 Å². The van der Waals surface area contributed by atoms with Crippen molar-refractivity contribution in [2.45, 2.75) is 50.6 Å². The summed E-state index contributed by atoms with van der Waals surface area (Å²) in [4.78, 5) is 6.47. The van der Waals surface area contributed by atoms with Crippen LogP contribution in [0, 0.1) is 5.92 Å². The van der Waals surface area contributed by atoms with Crippen LogP contribution in [0.5, 0.6) is 0 Å². The van der Waals surface area contributed by atoms with E-state index in [2.05, 4.69) is 52.7 Å². The molecule has 0 amide bonds. The molecule has 2 aromatic rings. The first-order valence-corrected chi connectivity index (χ1v) is 11.1. The molecule has 2 heterocycles. The third-order valence-electron chi connectivity index (χ3n) is 4.85. The zero-order chi connectivity index (χ0) is 19.3. The first-order chi connectivity index (χ1) is 12.9. The van der Waals surface area contributed by atoms with Gasteiger partial charge in [-0.2, -0.15) is 0 Å². The van der Waals surface area contributed by atoms with E-state index in [1.54, 1.807) is 18.3 Å². The highest BCUT2D eigenvalue weighted by Crippen LogP contribution is 2.17. The van der Waals surface area contributed by atoms with Gasteiger partial charge < -0.3 is 0 Å². The minimum absolute atomic E-state index is 0.0656. The van der Waals surface area contributed by atoms with E-state index in [0.717, 1.165) is 38.9 Å². The monoisotopic (exact) mass is 387 g/mol. The average Bonchev–Trinajstić information content (AvgIpc) is 2.64. The lowest BCUT2D eigenvalue weighted by molar-refractivity contribution is 0.194. The van der Waals surface area contributed by atoms with Crippen molar-refractivity contribution in [1.82, 2.24) is 14.6 Å². The lowest BCUT2D eigenvalue weighted by Gasteiger charge is -2.33. The van der Waals surface area contributed by atoms with Crippen LogP contribution < -0.4 is 4.72 Å². The Morgan fingerprint density at radius 1 is 1.19 bits per heavy atom. The van der Waals surface area contributed by atoms with Crippen LogP contribution in [0.3, 0.4) is 0 Å². The molecule has 0 radical (unpaired) electrons. The topological polar surface area (TPSA) is 62.3 Å². The third kappa shape index (κ3) is 5.86. The van der Waals surface area contributed by atoms with Gasteiger partial charge in [-0.25, -0.2) is 13.1 Å². The molecule has 3 rings (SSSR count). The van der Waals surface area contributed by atoms with E-state index in [-0.39, 0.29) is 10.9 Å². The van der Waals surface area contributed by atoms with E-state index in [1.165, 1.54) is 17.3 Å². The van der Waals surface area contributed by atoms with E-state index >= 15 is 0 Å². The van der Waals surface area contributed by atoms with Crippen molar-refractivity contribution in [3.05, 3.63) is 59.9 Å². The number of sulfonamides is 1. The average molecular weight is 388 g/mol. The summed E-state index contributed by atoms with van der Waals surface area (Å²) < 4.78 is 27.9. The molecule has 1 atom stereocenters. The van der Waals surface area contributed by atoms with E-state index in [0.29, 0.717) is 5.92 Å². The number of pyridine rings is 1. The molecule has 6 heteroatoms. The SMILES string of the molecule is CC(C)Cc1ccc(CN2CCCC(NS(=O)(=O)c3cccnc3)C2)cc1. The molecule has 1 aliphatic heterocycles. The van der Waals surface area contributed by atoms with Crippen LogP contribution in [0.2, 0.25) is 0 Å². The fraction of sp³-hybridized carbons (Fsp3) is 0.476. The van der Waals surface area contributed by atoms with Crippen LogP contribution in [0.1, 0.15) is 37.8 Å². The maximum absolute atomic E-state index is 12.5. The first kappa shape index (κ1) is 20.0. The molecule has 1 aromatic carbocycles. The molecule has 0 bridgehead atoms. The number of likely N-dealkylation sites (tertiary alicyclic amines) is 1. The Bertz CT molecular complexity index is 820. The number of benzene rings is 1. The van der Waals surface area contributed by atoms with Gasteiger partial charge in [-0.15, -0.1) is 0 Å². The van der Waals surface area contributed by atoms with Crippen LogP contribution in [0.4, 0.5) is 0 Å². The van der Waals surface area contributed by atoms with E-state index in [4.69, 9.17) is 0 Å². The Morgan fingerprint density at radius 2 is 1.93 bits per heavy atom. The van der Waals surface area contributed by atoms with E-state index < -0.39 is 10.0 Å². The Balaban J connectivity index is 1.58. The third-order valence-corrected chi connectivity index (χ3v) is 6.35. The van der Waals surface area contributed by atoms with Gasteiger partial charge in [-0.05, 0) is 55.0 Å². The molecule has 0 spiro atoms. The predicted molar refractivity (Wildman–Crippen MR) is 108 cm³/mol. The number of piperidine rings is 1. The highest BCUT2D eigenvalue weighted by molar-refractivity contribution is 7.89. The summed E-state index contributed by atoms with van der Waals surface area (Å²) in [5, 5.41) is 0. The fourth-order valence-electron chi connectivity index (χ4n) is 3.60. The molecule has 1 unspecified atom stereocenters. The van der Waals surface area contributed by atoms with Gasteiger partial charge in [0.25, 0.3) is 0 Å². The van der Waals surface area contributed by atoms with Gasteiger partial charge in [-0.1, -0.05) is 38.1 Å². The smallest absolute Gasteiger partial charge is 0.242 e. The Labute approximate surface area is 162 Å². The second kappa shape index (κ2) is 8.95. The van der Waals surface area contributed by atoms with Gasteiger partial charge in [0.15, 0.2) is 0 Å². The van der Waals surface area contributed by atoms with Crippen LogP contribution in [0.15, 0.2) is 53.7 Å². The van der Waals surface area contributed by atoms with E-state index in [1.807, 2.05) is 0 Å². The number of aromatic nitrogens is 1. The maximum atomic E-state index is 12.5. The molecule has 146 valence electrons. The molecule has 5 nitrogen and oxygen atoms in total. The summed E-state index contributed by atoms with van der Waals surface area (Å²) in [5.74, 6) is 0.659. The molecule has 27 heavy (non-hydrogen) atoms. The standard InChI is InChI=1S/C21H29N3O2S/c1-17(2)13-18-7-9-19(10-8-18)15-24-12-4-5-20(16-24)23-27(25,26)21-6-3-11-22-14-21/h3,6-11,14,17,20,23H,4-5,12-13,15-16H2,1-2H3. The summed E-state index contributed by atoms with van der Waals surface area (Å²) in [6, 6.07) is 12.0. The van der Waals surface area contributed by atoms with Gasteiger partial charge in [0.2, 0.25) is 10.0 Å². The van der Waals surface area contributed by atoms with Crippen molar-refractivity contribution in [3.63, 3.8) is 0 Å². The Kier molecular flexibility index (Phi) is 6.63. The van der Waals surface area contributed by atoms with Crippen molar-refractivity contribution >= 4 is 10.0 Å². The van der Waals surface area contributed by atoms with Crippen LogP contribution in [-0.4, -0.2) is 37.4 Å². The highest BCUT2D eigenvalue weighted by atomic mass is 32.2. The van der Waals surface area contributed by atoms with Crippen molar-refractivity contribution < 1.29 is 8.42 Å². The van der Waals surface area contributed by atoms with Crippen molar-refractivity contribution in [1.29, 1.82) is 0 Å². The number of rotatable bonds is 7. The minimum atomic E-state index is -3.51. The number of hydrogen-bond donors (Lipinski definition) is 1. The van der Waals surface area contributed by atoms with E-state index in [9.17, 15) is 8.42 Å². The number of hydrogen-bond acceptors (Lipinski definition) is 4. The molecule has 1 aliphatic rings. The number of nitrogens with zero attached hydrogens (tertiary/aromatic N) is 2. The Hall–Kier alpha value is -1.76. The molecule has 0 saturated carbocycles. The maximum Gasteiger partial charge on any atom is 0.242 e. The van der Waals surface area contributed by atoms with Gasteiger partial charge in [0.1, 0.15) is 4.90 Å². The molecule has 1 saturated heterocycles. The molecular formula is C21H29N3O2S. The van der Waals surface area contributed by atoms with Crippen LogP contribution in [-0.2, 0) is 23.0 Å². The summed E-state index contributed by atoms with van der Waals surface area (Å²) in [7, 11) is -3.51. The van der Waals surface area contributed by atoms with Gasteiger partial charge in [0, 0.05) is 31.5 Å². The van der Waals surface area contributed by atoms with Crippen molar-refractivity contribution in [2.24, 2.45) is 5.92 Å².